The van der Waals surface area contributed by atoms with Crippen molar-refractivity contribution in [2.75, 3.05) is 44.3 Å². The molecule has 0 aliphatic carbocycles. The van der Waals surface area contributed by atoms with E-state index in [0.717, 1.165) is 31.1 Å². The summed E-state index contributed by atoms with van der Waals surface area (Å²) in [6.45, 7) is 5.64. The molecule has 0 bridgehead atoms. The molecule has 3 rings (SSSR count). The molecule has 0 saturated carbocycles. The summed E-state index contributed by atoms with van der Waals surface area (Å²) in [4.78, 5) is 16.9. The minimum absolute atomic E-state index is 0.152. The van der Waals surface area contributed by atoms with Gasteiger partial charge in [0, 0.05) is 37.2 Å². The van der Waals surface area contributed by atoms with Gasteiger partial charge in [0.25, 0.3) is 0 Å². The molecule has 4 nitrogen and oxygen atoms in total. The van der Waals surface area contributed by atoms with Crippen LogP contribution in [0.4, 0.5) is 0 Å². The third kappa shape index (κ3) is 3.83. The van der Waals surface area contributed by atoms with E-state index in [-0.39, 0.29) is 12.0 Å². The lowest BCUT2D eigenvalue weighted by atomic mass is 10.1. The fraction of sp³-hybridized carbons (Fsp3) is 0.588. The van der Waals surface area contributed by atoms with Crippen LogP contribution in [0.3, 0.4) is 0 Å². The lowest BCUT2D eigenvalue weighted by Crippen LogP contribution is -2.50. The van der Waals surface area contributed by atoms with Gasteiger partial charge in [0.2, 0.25) is 5.91 Å². The number of thioether (sulfide) groups is 1. The number of nitrogens with zero attached hydrogens (tertiary/aromatic N) is 2. The Labute approximate surface area is 136 Å². The second-order valence-electron chi connectivity index (χ2n) is 5.99. The van der Waals surface area contributed by atoms with Gasteiger partial charge in [-0.1, -0.05) is 30.3 Å². The normalized spacial score (nSPS) is 26.9. The smallest absolute Gasteiger partial charge is 0.236 e. The highest BCUT2D eigenvalue weighted by molar-refractivity contribution is 7.99. The molecule has 2 heterocycles. The molecule has 22 heavy (non-hydrogen) atoms. The van der Waals surface area contributed by atoms with E-state index in [9.17, 15) is 4.79 Å². The lowest BCUT2D eigenvalue weighted by molar-refractivity contribution is -0.139. The number of carbonyl (C=O) groups is 1. The first-order chi connectivity index (χ1) is 10.7. The van der Waals surface area contributed by atoms with Gasteiger partial charge in [-0.15, -0.1) is 0 Å². The number of amides is 1. The topological polar surface area (TPSA) is 32.8 Å². The number of carbonyl (C=O) groups excluding carboxylic acids is 1. The summed E-state index contributed by atoms with van der Waals surface area (Å²) in [7, 11) is 0. The summed E-state index contributed by atoms with van der Waals surface area (Å²) in [5, 5.41) is 0. The molecule has 0 spiro atoms. The largest absolute Gasteiger partial charge is 0.375 e. The molecule has 0 unspecified atom stereocenters. The monoisotopic (exact) mass is 320 g/mol. The van der Waals surface area contributed by atoms with Gasteiger partial charge in [-0.25, -0.2) is 0 Å². The summed E-state index contributed by atoms with van der Waals surface area (Å²) in [5.74, 6) is 2.41. The van der Waals surface area contributed by atoms with E-state index >= 15 is 0 Å². The first-order valence-corrected chi connectivity index (χ1v) is 9.15. The Morgan fingerprint density at radius 1 is 1.32 bits per heavy atom. The molecule has 2 aliphatic rings. The van der Waals surface area contributed by atoms with Crippen molar-refractivity contribution in [2.24, 2.45) is 0 Å². The van der Waals surface area contributed by atoms with E-state index in [2.05, 4.69) is 29.2 Å². The Balaban J connectivity index is 1.65. The highest BCUT2D eigenvalue weighted by Crippen LogP contribution is 2.29. The molecule has 2 aliphatic heterocycles. The molecule has 2 fully saturated rings. The van der Waals surface area contributed by atoms with Crippen molar-refractivity contribution in [3.05, 3.63) is 35.9 Å². The van der Waals surface area contributed by atoms with E-state index < -0.39 is 0 Å². The van der Waals surface area contributed by atoms with Crippen molar-refractivity contribution >= 4 is 17.7 Å². The third-order valence-electron chi connectivity index (χ3n) is 4.36. The van der Waals surface area contributed by atoms with Gasteiger partial charge < -0.3 is 9.64 Å². The zero-order valence-corrected chi connectivity index (χ0v) is 13.9. The minimum Gasteiger partial charge on any atom is -0.375 e. The van der Waals surface area contributed by atoms with Crippen LogP contribution >= 0.6 is 11.8 Å². The Hall–Kier alpha value is -1.04. The molecule has 0 N–H and O–H groups in total. The number of hydrogen-bond acceptors (Lipinski definition) is 4. The van der Waals surface area contributed by atoms with Crippen LogP contribution < -0.4 is 0 Å². The number of morpholine rings is 1. The van der Waals surface area contributed by atoms with Crippen LogP contribution in [-0.4, -0.2) is 66.1 Å². The van der Waals surface area contributed by atoms with Crippen LogP contribution in [0.15, 0.2) is 30.3 Å². The molecular weight excluding hydrogens is 296 g/mol. The molecule has 2 saturated heterocycles. The average Bonchev–Trinajstić information content (AvgIpc) is 2.56. The Bertz CT molecular complexity index is 497. The number of rotatable bonds is 3. The quantitative estimate of drug-likeness (QED) is 0.853. The maximum atomic E-state index is 12.6. The van der Waals surface area contributed by atoms with Gasteiger partial charge in [0.15, 0.2) is 0 Å². The summed E-state index contributed by atoms with van der Waals surface area (Å²) < 4.78 is 5.53. The molecule has 0 radical (unpaired) electrons. The van der Waals surface area contributed by atoms with Crippen LogP contribution in [0.25, 0.3) is 0 Å². The molecule has 5 heteroatoms. The van der Waals surface area contributed by atoms with Crippen molar-refractivity contribution in [1.82, 2.24) is 9.80 Å². The summed E-state index contributed by atoms with van der Waals surface area (Å²) >= 11 is 1.98. The second-order valence-corrected chi connectivity index (χ2v) is 7.14. The first kappa shape index (κ1) is 15.8. The highest BCUT2D eigenvalue weighted by atomic mass is 32.2. The van der Waals surface area contributed by atoms with Crippen LogP contribution in [0.1, 0.15) is 18.5 Å². The first-order valence-electron chi connectivity index (χ1n) is 8.00. The van der Waals surface area contributed by atoms with Crippen LogP contribution in [-0.2, 0) is 9.53 Å². The fourth-order valence-electron chi connectivity index (χ4n) is 3.13. The maximum Gasteiger partial charge on any atom is 0.236 e. The second kappa shape index (κ2) is 7.49. The Morgan fingerprint density at radius 2 is 2.14 bits per heavy atom. The van der Waals surface area contributed by atoms with Gasteiger partial charge in [0.1, 0.15) is 0 Å². The van der Waals surface area contributed by atoms with Gasteiger partial charge in [-0.3, -0.25) is 9.69 Å². The van der Waals surface area contributed by atoms with E-state index in [1.54, 1.807) is 0 Å². The average molecular weight is 320 g/mol. The van der Waals surface area contributed by atoms with E-state index in [0.29, 0.717) is 19.2 Å². The van der Waals surface area contributed by atoms with Crippen LogP contribution in [0.5, 0.6) is 0 Å². The number of benzene rings is 1. The molecule has 1 amide bonds. The summed E-state index contributed by atoms with van der Waals surface area (Å²) in [5.41, 5.74) is 1.32. The van der Waals surface area contributed by atoms with Crippen molar-refractivity contribution in [2.45, 2.75) is 19.1 Å². The minimum atomic E-state index is 0.152. The predicted molar refractivity (Wildman–Crippen MR) is 90.1 cm³/mol. The lowest BCUT2D eigenvalue weighted by Gasteiger charge is -2.38. The molecule has 2 atom stereocenters. The highest BCUT2D eigenvalue weighted by Gasteiger charge is 2.29. The molecule has 1 aromatic carbocycles. The van der Waals surface area contributed by atoms with E-state index in [1.807, 2.05) is 29.7 Å². The van der Waals surface area contributed by atoms with Crippen molar-refractivity contribution in [3.63, 3.8) is 0 Å². The van der Waals surface area contributed by atoms with Gasteiger partial charge in [-0.05, 0) is 12.5 Å². The number of ether oxygens (including phenoxy) is 1. The zero-order valence-electron chi connectivity index (χ0n) is 13.1. The van der Waals surface area contributed by atoms with Crippen molar-refractivity contribution < 1.29 is 9.53 Å². The standard InChI is InChI=1S/C17H24N2O2S/c1-14-11-19(7-9-21-14)17(20)12-18-8-10-22-13-16(18)15-5-3-2-4-6-15/h2-6,14,16H,7-13H2,1H3/t14-,16+/m0/s1. The molecule has 0 aromatic heterocycles. The van der Waals surface area contributed by atoms with Crippen LogP contribution in [0, 0.1) is 0 Å². The van der Waals surface area contributed by atoms with E-state index in [1.165, 1.54) is 5.56 Å². The molecule has 1 aromatic rings. The molecule has 120 valence electrons. The Kier molecular flexibility index (Phi) is 5.39. The molecular formula is C17H24N2O2S. The zero-order chi connectivity index (χ0) is 15.4. The van der Waals surface area contributed by atoms with Gasteiger partial charge in [-0.2, -0.15) is 11.8 Å². The number of hydrogen-bond donors (Lipinski definition) is 0. The van der Waals surface area contributed by atoms with Gasteiger partial charge >= 0.3 is 0 Å². The fourth-order valence-corrected chi connectivity index (χ4v) is 4.28. The summed E-state index contributed by atoms with van der Waals surface area (Å²) in [6, 6.07) is 10.9. The predicted octanol–water partition coefficient (Wildman–Crippen LogP) is 2.02. The van der Waals surface area contributed by atoms with Crippen molar-refractivity contribution in [3.8, 4) is 0 Å². The van der Waals surface area contributed by atoms with E-state index in [4.69, 9.17) is 4.74 Å². The SMILES string of the molecule is C[C@H]1CN(C(=O)CN2CCSC[C@@H]2c2ccccc2)CCO1. The van der Waals surface area contributed by atoms with Gasteiger partial charge in [0.05, 0.1) is 19.3 Å². The van der Waals surface area contributed by atoms with Crippen molar-refractivity contribution in [1.29, 1.82) is 0 Å². The maximum absolute atomic E-state index is 12.6. The third-order valence-corrected chi connectivity index (χ3v) is 5.38. The summed E-state index contributed by atoms with van der Waals surface area (Å²) in [6.07, 6.45) is 0.152. The Morgan fingerprint density at radius 3 is 2.91 bits per heavy atom. The van der Waals surface area contributed by atoms with Crippen LogP contribution in [0.2, 0.25) is 0 Å².